The number of alkyl carbamates (subject to hydrolysis) is 1. The second kappa shape index (κ2) is 17.6. The summed E-state index contributed by atoms with van der Waals surface area (Å²) >= 11 is 0. The van der Waals surface area contributed by atoms with Crippen molar-refractivity contribution in [2.75, 3.05) is 13.2 Å². The summed E-state index contributed by atoms with van der Waals surface area (Å²) < 4.78 is 26.9. The van der Waals surface area contributed by atoms with Crippen LogP contribution in [-0.2, 0) is 54.3 Å². The van der Waals surface area contributed by atoms with E-state index in [9.17, 15) is 28.8 Å². The largest absolute Gasteiger partial charge is 0.463 e. The van der Waals surface area contributed by atoms with Gasteiger partial charge in [-0.25, -0.2) is 4.79 Å². The monoisotopic (exact) mass is 593 g/mol. The lowest BCUT2D eigenvalue weighted by Crippen LogP contribution is -2.69. The molecule has 5 atom stereocenters. The van der Waals surface area contributed by atoms with Crippen molar-refractivity contribution in [2.24, 2.45) is 0 Å². The maximum atomic E-state index is 12.8. The molecule has 0 unspecified atom stereocenters. The zero-order valence-electron chi connectivity index (χ0n) is 24.2. The smallest absolute Gasteiger partial charge is 0.407 e. The van der Waals surface area contributed by atoms with Crippen molar-refractivity contribution in [1.82, 2.24) is 16.0 Å². The van der Waals surface area contributed by atoms with Gasteiger partial charge in [-0.2, -0.15) is 0 Å². The van der Waals surface area contributed by atoms with E-state index in [-0.39, 0.29) is 19.6 Å². The number of unbranched alkanes of at least 4 members (excludes halogenated alkanes) is 2. The minimum atomic E-state index is -1.26. The molecule has 2 rings (SSSR count). The van der Waals surface area contributed by atoms with Crippen molar-refractivity contribution < 1.29 is 52.5 Å². The van der Waals surface area contributed by atoms with E-state index < -0.39 is 66.4 Å². The zero-order chi connectivity index (χ0) is 31.1. The third kappa shape index (κ3) is 12.5. The van der Waals surface area contributed by atoms with Crippen LogP contribution in [0, 0.1) is 0 Å². The number of ether oxygens (including phenoxy) is 5. The summed E-state index contributed by atoms with van der Waals surface area (Å²) in [4.78, 5) is 71.8. The number of benzene rings is 1. The molecule has 3 N–H and O–H groups in total. The molecule has 1 aliphatic rings. The fourth-order valence-corrected chi connectivity index (χ4v) is 4.24. The molecule has 0 aliphatic carbocycles. The number of hydrogen-bond acceptors (Lipinski definition) is 11. The summed E-state index contributed by atoms with van der Waals surface area (Å²) in [5, 5.41) is 7.92. The number of hydrogen-bond donors (Lipinski definition) is 3. The molecule has 1 saturated heterocycles. The van der Waals surface area contributed by atoms with E-state index in [4.69, 9.17) is 23.7 Å². The maximum Gasteiger partial charge on any atom is 0.407 e. The molecule has 1 aliphatic heterocycles. The first-order valence-electron chi connectivity index (χ1n) is 13.6. The zero-order valence-corrected chi connectivity index (χ0v) is 24.2. The average molecular weight is 594 g/mol. The van der Waals surface area contributed by atoms with Crippen molar-refractivity contribution in [3.63, 3.8) is 0 Å². The molecular formula is C28H39N3O11. The van der Waals surface area contributed by atoms with Gasteiger partial charge in [0.25, 0.3) is 0 Å². The Labute approximate surface area is 244 Å². The predicted molar refractivity (Wildman–Crippen MR) is 145 cm³/mol. The minimum absolute atomic E-state index is 0.0886. The van der Waals surface area contributed by atoms with E-state index in [2.05, 4.69) is 16.0 Å². The molecule has 1 heterocycles. The Hall–Kier alpha value is -4.20. The topological polar surface area (TPSA) is 185 Å². The molecule has 3 amide bonds. The summed E-state index contributed by atoms with van der Waals surface area (Å²) in [6.07, 6.45) is -3.59. The highest BCUT2D eigenvalue weighted by atomic mass is 16.6. The van der Waals surface area contributed by atoms with Crippen molar-refractivity contribution in [3.8, 4) is 0 Å². The van der Waals surface area contributed by atoms with Gasteiger partial charge in [-0.15, -0.1) is 0 Å². The van der Waals surface area contributed by atoms with Crippen molar-refractivity contribution >= 4 is 35.8 Å². The van der Waals surface area contributed by atoms with Gasteiger partial charge < -0.3 is 39.6 Å². The second-order valence-electron chi connectivity index (χ2n) is 9.64. The number of carbonyl (C=O) groups excluding carboxylic acids is 6. The molecule has 0 aromatic heterocycles. The first-order chi connectivity index (χ1) is 20.0. The maximum absolute atomic E-state index is 12.8. The number of amides is 3. The molecular weight excluding hydrogens is 554 g/mol. The summed E-state index contributed by atoms with van der Waals surface area (Å²) in [5.41, 5.74) is 0.875. The highest BCUT2D eigenvalue weighted by Gasteiger charge is 2.51. The normalized spacial score (nSPS) is 21.3. The van der Waals surface area contributed by atoms with Crippen LogP contribution in [0.4, 0.5) is 4.79 Å². The molecule has 0 radical (unpaired) electrons. The Kier molecular flexibility index (Phi) is 14.2. The van der Waals surface area contributed by atoms with Crippen LogP contribution in [0.1, 0.15) is 58.9 Å². The first-order valence-corrected chi connectivity index (χ1v) is 13.6. The highest BCUT2D eigenvalue weighted by Crippen LogP contribution is 2.26. The SMILES string of the molecule is CC(=O)N[C@H]1[C@@H](OC(C)=O)[C@H](OC(C)=O)[C@@H](COC(C)=O)O[C@H]1NC(=O)CCCCCNC(=O)OCc1ccccc1. The van der Waals surface area contributed by atoms with E-state index >= 15 is 0 Å². The van der Waals surface area contributed by atoms with Crippen molar-refractivity contribution in [2.45, 2.75) is 90.6 Å². The molecule has 0 spiro atoms. The van der Waals surface area contributed by atoms with E-state index in [0.29, 0.717) is 25.8 Å². The molecule has 0 bridgehead atoms. The van der Waals surface area contributed by atoms with Crippen LogP contribution >= 0.6 is 0 Å². The fraction of sp³-hybridized carbons (Fsp3) is 0.571. The second-order valence-corrected chi connectivity index (χ2v) is 9.64. The molecule has 14 heteroatoms. The molecule has 14 nitrogen and oxygen atoms in total. The Morgan fingerprint density at radius 2 is 1.45 bits per heavy atom. The third-order valence-corrected chi connectivity index (χ3v) is 5.98. The Morgan fingerprint density at radius 1 is 0.786 bits per heavy atom. The third-order valence-electron chi connectivity index (χ3n) is 5.98. The average Bonchev–Trinajstić information content (AvgIpc) is 2.91. The number of carbonyl (C=O) groups is 6. The first kappa shape index (κ1) is 34.0. The van der Waals surface area contributed by atoms with Crippen molar-refractivity contribution in [3.05, 3.63) is 35.9 Å². The van der Waals surface area contributed by atoms with Gasteiger partial charge in [0.1, 0.15) is 25.4 Å². The van der Waals surface area contributed by atoms with Crippen LogP contribution in [0.5, 0.6) is 0 Å². The van der Waals surface area contributed by atoms with Crippen LogP contribution in [0.2, 0.25) is 0 Å². The van der Waals surface area contributed by atoms with Crippen LogP contribution in [0.15, 0.2) is 30.3 Å². The van der Waals surface area contributed by atoms with Gasteiger partial charge in [-0.05, 0) is 18.4 Å². The molecule has 42 heavy (non-hydrogen) atoms. The lowest BCUT2D eigenvalue weighted by Gasteiger charge is -2.45. The van der Waals surface area contributed by atoms with Crippen LogP contribution in [0.3, 0.4) is 0 Å². The van der Waals surface area contributed by atoms with Gasteiger partial charge in [0.2, 0.25) is 11.8 Å². The Bertz CT molecular complexity index is 1080. The van der Waals surface area contributed by atoms with Gasteiger partial charge in [0, 0.05) is 40.7 Å². The molecule has 1 aromatic carbocycles. The van der Waals surface area contributed by atoms with Gasteiger partial charge in [-0.3, -0.25) is 24.0 Å². The van der Waals surface area contributed by atoms with Crippen molar-refractivity contribution in [1.29, 1.82) is 0 Å². The number of nitrogens with one attached hydrogen (secondary N) is 3. The summed E-state index contributed by atoms with van der Waals surface area (Å²) in [5.74, 6) is -3.04. The quantitative estimate of drug-likeness (QED) is 0.160. The standard InChI is InChI=1S/C28H39N3O11/c1-17(32)30-24-26(41-20(4)35)25(40-19(3)34)22(16-38-18(2)33)42-27(24)31-23(36)13-9-6-10-14-29-28(37)39-15-21-11-7-5-8-12-21/h5,7-8,11-12,22,24-27H,6,9-10,13-16H2,1-4H3,(H,29,37)(H,30,32)(H,31,36)/t22-,24+,25-,26-,27-/m1/s1. The van der Waals surface area contributed by atoms with Gasteiger partial charge in [-0.1, -0.05) is 36.8 Å². The summed E-state index contributed by atoms with van der Waals surface area (Å²) in [6.45, 7) is 4.83. The van der Waals surface area contributed by atoms with Crippen LogP contribution in [-0.4, -0.2) is 79.5 Å². The molecule has 232 valence electrons. The summed E-state index contributed by atoms with van der Waals surface area (Å²) in [6, 6.07) is 8.16. The molecule has 0 saturated carbocycles. The van der Waals surface area contributed by atoms with E-state index in [1.165, 1.54) is 13.8 Å². The lowest BCUT2D eigenvalue weighted by molar-refractivity contribution is -0.228. The molecule has 1 fully saturated rings. The highest BCUT2D eigenvalue weighted by molar-refractivity contribution is 5.77. The Balaban J connectivity index is 1.93. The van der Waals surface area contributed by atoms with Gasteiger partial charge >= 0.3 is 24.0 Å². The lowest BCUT2D eigenvalue weighted by atomic mass is 9.95. The van der Waals surface area contributed by atoms with Crippen LogP contribution < -0.4 is 16.0 Å². The van der Waals surface area contributed by atoms with Gasteiger partial charge in [0.05, 0.1) is 0 Å². The van der Waals surface area contributed by atoms with E-state index in [1.54, 1.807) is 0 Å². The minimum Gasteiger partial charge on any atom is -0.463 e. The number of esters is 3. The van der Waals surface area contributed by atoms with Gasteiger partial charge in [0.15, 0.2) is 18.4 Å². The van der Waals surface area contributed by atoms with Crippen LogP contribution in [0.25, 0.3) is 0 Å². The Morgan fingerprint density at radius 3 is 2.07 bits per heavy atom. The van der Waals surface area contributed by atoms with E-state index in [1.807, 2.05) is 30.3 Å². The molecule has 1 aromatic rings. The fourth-order valence-electron chi connectivity index (χ4n) is 4.24. The summed E-state index contributed by atoms with van der Waals surface area (Å²) in [7, 11) is 0. The van der Waals surface area contributed by atoms with E-state index in [0.717, 1.165) is 19.4 Å². The predicted octanol–water partition coefficient (Wildman–Crippen LogP) is 1.25. The number of rotatable bonds is 14.